The van der Waals surface area contributed by atoms with Crippen LogP contribution in [0.1, 0.15) is 40.2 Å². The first kappa shape index (κ1) is 16.3. The topological polar surface area (TPSA) is 50.4 Å². The lowest BCUT2D eigenvalue weighted by atomic mass is 9.84. The quantitative estimate of drug-likeness (QED) is 0.889. The van der Waals surface area contributed by atoms with Crippen molar-refractivity contribution < 1.29 is 9.53 Å². The molecule has 0 heterocycles. The summed E-state index contributed by atoms with van der Waals surface area (Å²) in [5.74, 6) is 0.836. The summed E-state index contributed by atoms with van der Waals surface area (Å²) >= 11 is 0. The number of carbonyl (C=O) groups excluding carboxylic acids is 1. The van der Waals surface area contributed by atoms with Crippen LogP contribution >= 0.6 is 0 Å². The van der Waals surface area contributed by atoms with Crippen molar-refractivity contribution in [3.05, 3.63) is 29.8 Å². The van der Waals surface area contributed by atoms with Gasteiger partial charge in [-0.15, -0.1) is 0 Å². The van der Waals surface area contributed by atoms with Crippen molar-refractivity contribution in [3.63, 3.8) is 0 Å². The normalized spacial score (nSPS) is 11.9. The van der Waals surface area contributed by atoms with E-state index in [9.17, 15) is 4.79 Å². The molecule has 2 N–H and O–H groups in total. The number of amides is 2. The monoisotopic (exact) mass is 278 g/mol. The molecule has 4 heteroatoms. The minimum absolute atomic E-state index is 0.137. The van der Waals surface area contributed by atoms with Crippen LogP contribution in [-0.2, 0) is 5.41 Å². The number of methoxy groups -OCH3 is 1. The summed E-state index contributed by atoms with van der Waals surface area (Å²) in [4.78, 5) is 11.8. The van der Waals surface area contributed by atoms with Gasteiger partial charge in [-0.25, -0.2) is 4.79 Å². The van der Waals surface area contributed by atoms with E-state index in [2.05, 4.69) is 24.5 Å². The Morgan fingerprint density at radius 1 is 1.10 bits per heavy atom. The molecule has 4 nitrogen and oxygen atoms in total. The third-order valence-corrected chi connectivity index (χ3v) is 3.05. The van der Waals surface area contributed by atoms with Crippen LogP contribution in [0.5, 0.6) is 5.75 Å². The average molecular weight is 278 g/mol. The van der Waals surface area contributed by atoms with Gasteiger partial charge in [-0.2, -0.15) is 0 Å². The van der Waals surface area contributed by atoms with Crippen molar-refractivity contribution in [3.8, 4) is 5.75 Å². The highest BCUT2D eigenvalue weighted by Gasteiger charge is 2.22. The molecule has 0 aliphatic heterocycles. The molecule has 1 rings (SSSR count). The molecule has 1 aromatic carbocycles. The zero-order chi connectivity index (χ0) is 15.4. The zero-order valence-corrected chi connectivity index (χ0v) is 13.3. The highest BCUT2D eigenvalue weighted by molar-refractivity contribution is 5.74. The highest BCUT2D eigenvalue weighted by atomic mass is 16.5. The molecule has 0 bridgehead atoms. The lowest BCUT2D eigenvalue weighted by Crippen LogP contribution is -2.49. The number of nitrogens with one attached hydrogen (secondary N) is 2. The standard InChI is InChI=1S/C16H26N2O2/c1-15(2,3)18-14(19)17-11-16(4,5)12-7-9-13(20-6)10-8-12/h7-10H,11H2,1-6H3,(H2,17,18,19). The minimum Gasteiger partial charge on any atom is -0.497 e. The van der Waals surface area contributed by atoms with Crippen molar-refractivity contribution in [1.82, 2.24) is 10.6 Å². The molecule has 2 amide bonds. The van der Waals surface area contributed by atoms with Gasteiger partial charge in [0.2, 0.25) is 0 Å². The van der Waals surface area contributed by atoms with E-state index in [4.69, 9.17) is 4.74 Å². The van der Waals surface area contributed by atoms with Crippen molar-refractivity contribution in [2.75, 3.05) is 13.7 Å². The number of urea groups is 1. The molecule has 0 saturated carbocycles. The third kappa shape index (κ3) is 5.11. The van der Waals surface area contributed by atoms with Gasteiger partial charge in [-0.1, -0.05) is 26.0 Å². The van der Waals surface area contributed by atoms with Gasteiger partial charge < -0.3 is 15.4 Å². The maximum Gasteiger partial charge on any atom is 0.315 e. The molecule has 20 heavy (non-hydrogen) atoms. The van der Waals surface area contributed by atoms with Crippen LogP contribution < -0.4 is 15.4 Å². The Bertz CT molecular complexity index is 445. The Hall–Kier alpha value is -1.71. The molecule has 0 spiro atoms. The van der Waals surface area contributed by atoms with E-state index < -0.39 is 0 Å². The molecule has 0 aliphatic rings. The summed E-state index contributed by atoms with van der Waals surface area (Å²) in [5, 5.41) is 5.82. The number of carbonyl (C=O) groups is 1. The minimum atomic E-state index is -0.228. The fourth-order valence-electron chi connectivity index (χ4n) is 1.83. The molecule has 0 saturated heterocycles. The fourth-order valence-corrected chi connectivity index (χ4v) is 1.83. The van der Waals surface area contributed by atoms with Crippen molar-refractivity contribution >= 4 is 6.03 Å². The summed E-state index contributed by atoms with van der Waals surface area (Å²) in [6.07, 6.45) is 0. The number of rotatable bonds is 4. The van der Waals surface area contributed by atoms with E-state index >= 15 is 0 Å². The Morgan fingerprint density at radius 2 is 1.65 bits per heavy atom. The average Bonchev–Trinajstić information content (AvgIpc) is 2.35. The lowest BCUT2D eigenvalue weighted by Gasteiger charge is -2.27. The maximum absolute atomic E-state index is 11.8. The van der Waals surface area contributed by atoms with E-state index in [0.29, 0.717) is 6.54 Å². The maximum atomic E-state index is 11.8. The number of ether oxygens (including phenoxy) is 1. The van der Waals surface area contributed by atoms with Crippen LogP contribution in [0.2, 0.25) is 0 Å². The smallest absolute Gasteiger partial charge is 0.315 e. The van der Waals surface area contributed by atoms with E-state index in [1.807, 2.05) is 45.0 Å². The Labute approximate surface area is 121 Å². The lowest BCUT2D eigenvalue weighted by molar-refractivity contribution is 0.229. The Kier molecular flexibility index (Phi) is 5.03. The summed E-state index contributed by atoms with van der Waals surface area (Å²) in [7, 11) is 1.65. The van der Waals surface area contributed by atoms with Crippen LogP contribution in [0.25, 0.3) is 0 Å². The van der Waals surface area contributed by atoms with Crippen LogP contribution in [-0.4, -0.2) is 25.2 Å². The van der Waals surface area contributed by atoms with Crippen LogP contribution in [0.3, 0.4) is 0 Å². The number of hydrogen-bond acceptors (Lipinski definition) is 2. The zero-order valence-electron chi connectivity index (χ0n) is 13.3. The first-order chi connectivity index (χ1) is 9.14. The molecule has 0 radical (unpaired) electrons. The van der Waals surface area contributed by atoms with Gasteiger partial charge in [-0.3, -0.25) is 0 Å². The second-order valence-electron chi connectivity index (χ2n) is 6.67. The largest absolute Gasteiger partial charge is 0.497 e. The number of hydrogen-bond donors (Lipinski definition) is 2. The van der Waals surface area contributed by atoms with E-state index in [1.165, 1.54) is 0 Å². The highest BCUT2D eigenvalue weighted by Crippen LogP contribution is 2.24. The van der Waals surface area contributed by atoms with E-state index in [1.54, 1.807) is 7.11 Å². The van der Waals surface area contributed by atoms with Crippen LogP contribution in [0, 0.1) is 0 Å². The summed E-state index contributed by atoms with van der Waals surface area (Å²) in [6.45, 7) is 10.7. The molecule has 1 aromatic rings. The summed E-state index contributed by atoms with van der Waals surface area (Å²) in [6, 6.07) is 7.79. The van der Waals surface area contributed by atoms with E-state index in [0.717, 1.165) is 11.3 Å². The molecule has 0 aromatic heterocycles. The predicted molar refractivity (Wildman–Crippen MR) is 82.3 cm³/mol. The van der Waals surface area contributed by atoms with Gasteiger partial charge >= 0.3 is 6.03 Å². The predicted octanol–water partition coefficient (Wildman–Crippen LogP) is 3.07. The van der Waals surface area contributed by atoms with Gasteiger partial charge in [-0.05, 0) is 38.5 Å². The molecular formula is C16H26N2O2. The third-order valence-electron chi connectivity index (χ3n) is 3.05. The molecule has 0 fully saturated rings. The van der Waals surface area contributed by atoms with Gasteiger partial charge in [0.25, 0.3) is 0 Å². The van der Waals surface area contributed by atoms with Crippen LogP contribution in [0.4, 0.5) is 4.79 Å². The molecule has 0 atom stereocenters. The fraction of sp³-hybridized carbons (Fsp3) is 0.562. The molecule has 0 aliphatic carbocycles. The first-order valence-electron chi connectivity index (χ1n) is 6.84. The van der Waals surface area contributed by atoms with Gasteiger partial charge in [0, 0.05) is 17.5 Å². The Morgan fingerprint density at radius 3 is 2.10 bits per heavy atom. The summed E-state index contributed by atoms with van der Waals surface area (Å²) < 4.78 is 5.16. The van der Waals surface area contributed by atoms with Crippen molar-refractivity contribution in [1.29, 1.82) is 0 Å². The van der Waals surface area contributed by atoms with Gasteiger partial charge in [0.1, 0.15) is 5.75 Å². The molecule has 0 unspecified atom stereocenters. The van der Waals surface area contributed by atoms with Gasteiger partial charge in [0.15, 0.2) is 0 Å². The summed E-state index contributed by atoms with van der Waals surface area (Å²) in [5.41, 5.74) is 0.796. The first-order valence-corrected chi connectivity index (χ1v) is 6.84. The molecular weight excluding hydrogens is 252 g/mol. The Balaban J connectivity index is 2.62. The van der Waals surface area contributed by atoms with E-state index in [-0.39, 0.29) is 17.0 Å². The van der Waals surface area contributed by atoms with Crippen LogP contribution in [0.15, 0.2) is 24.3 Å². The second kappa shape index (κ2) is 6.16. The molecule has 112 valence electrons. The number of benzene rings is 1. The van der Waals surface area contributed by atoms with Crippen molar-refractivity contribution in [2.24, 2.45) is 0 Å². The SMILES string of the molecule is COc1ccc(C(C)(C)CNC(=O)NC(C)(C)C)cc1. The van der Waals surface area contributed by atoms with Crippen molar-refractivity contribution in [2.45, 2.75) is 45.6 Å². The van der Waals surface area contributed by atoms with Gasteiger partial charge in [0.05, 0.1) is 7.11 Å². The second-order valence-corrected chi connectivity index (χ2v) is 6.67.